The number of hydrogen-bond acceptors (Lipinski definition) is 3. The topological polar surface area (TPSA) is 47.3 Å². The molecule has 19 heavy (non-hydrogen) atoms. The van der Waals surface area contributed by atoms with E-state index in [1.54, 1.807) is 12.1 Å². The standard InChI is InChI=1S/C15H17FN2O/c1-3-19-15-7-5-11(9-12(15)16)18-14-6-4-10(2)8-13(14)17/h4-9,18H,3,17H2,1-2H3. The van der Waals surface area contributed by atoms with Gasteiger partial charge in [-0.25, -0.2) is 4.39 Å². The van der Waals surface area contributed by atoms with Crippen molar-refractivity contribution in [1.29, 1.82) is 0 Å². The van der Waals surface area contributed by atoms with Gasteiger partial charge in [0.25, 0.3) is 0 Å². The summed E-state index contributed by atoms with van der Waals surface area (Å²) in [5.74, 6) is -0.137. The average Bonchev–Trinajstić information content (AvgIpc) is 2.36. The van der Waals surface area contributed by atoms with Crippen LogP contribution in [-0.2, 0) is 0 Å². The largest absolute Gasteiger partial charge is 0.491 e. The van der Waals surface area contributed by atoms with Gasteiger partial charge < -0.3 is 15.8 Å². The number of rotatable bonds is 4. The van der Waals surface area contributed by atoms with Crippen molar-refractivity contribution < 1.29 is 9.13 Å². The van der Waals surface area contributed by atoms with Gasteiger partial charge in [0, 0.05) is 11.8 Å². The second-order valence-corrected chi connectivity index (χ2v) is 4.29. The van der Waals surface area contributed by atoms with Crippen molar-refractivity contribution >= 4 is 17.1 Å². The van der Waals surface area contributed by atoms with E-state index >= 15 is 0 Å². The lowest BCUT2D eigenvalue weighted by Gasteiger charge is -2.11. The number of benzene rings is 2. The number of aryl methyl sites for hydroxylation is 1. The fourth-order valence-corrected chi connectivity index (χ4v) is 1.80. The monoisotopic (exact) mass is 260 g/mol. The Morgan fingerprint density at radius 1 is 1.21 bits per heavy atom. The summed E-state index contributed by atoms with van der Waals surface area (Å²) in [5, 5.41) is 3.09. The van der Waals surface area contributed by atoms with E-state index in [-0.39, 0.29) is 5.75 Å². The van der Waals surface area contributed by atoms with E-state index in [0.717, 1.165) is 11.3 Å². The van der Waals surface area contributed by atoms with Crippen molar-refractivity contribution in [1.82, 2.24) is 0 Å². The van der Waals surface area contributed by atoms with E-state index in [9.17, 15) is 4.39 Å². The number of halogens is 1. The van der Waals surface area contributed by atoms with Gasteiger partial charge in [0.2, 0.25) is 0 Å². The zero-order valence-electron chi connectivity index (χ0n) is 11.0. The van der Waals surface area contributed by atoms with Crippen LogP contribution in [0.15, 0.2) is 36.4 Å². The van der Waals surface area contributed by atoms with E-state index in [0.29, 0.717) is 18.0 Å². The van der Waals surface area contributed by atoms with Crippen LogP contribution in [0, 0.1) is 12.7 Å². The van der Waals surface area contributed by atoms with Crippen LogP contribution in [0.5, 0.6) is 5.75 Å². The SMILES string of the molecule is CCOc1ccc(Nc2ccc(C)cc2N)cc1F. The molecule has 0 saturated heterocycles. The molecule has 0 aliphatic heterocycles. The molecule has 0 aliphatic rings. The third-order valence-electron chi connectivity index (χ3n) is 2.72. The smallest absolute Gasteiger partial charge is 0.167 e. The van der Waals surface area contributed by atoms with Gasteiger partial charge >= 0.3 is 0 Å². The van der Waals surface area contributed by atoms with Crippen molar-refractivity contribution in [2.24, 2.45) is 0 Å². The Bertz CT molecular complexity index is 584. The summed E-state index contributed by atoms with van der Waals surface area (Å²) in [6.45, 7) is 4.23. The molecular formula is C15H17FN2O. The number of nitrogens with two attached hydrogens (primary N) is 1. The first-order valence-electron chi connectivity index (χ1n) is 6.15. The predicted molar refractivity (Wildman–Crippen MR) is 76.4 cm³/mol. The van der Waals surface area contributed by atoms with Crippen LogP contribution in [0.2, 0.25) is 0 Å². The molecule has 0 amide bonds. The highest BCUT2D eigenvalue weighted by Crippen LogP contribution is 2.27. The van der Waals surface area contributed by atoms with Gasteiger partial charge in [0.1, 0.15) is 0 Å². The molecule has 0 unspecified atom stereocenters. The maximum absolute atomic E-state index is 13.7. The quantitative estimate of drug-likeness (QED) is 0.821. The van der Waals surface area contributed by atoms with E-state index in [1.165, 1.54) is 6.07 Å². The Kier molecular flexibility index (Phi) is 3.90. The van der Waals surface area contributed by atoms with Crippen LogP contribution in [-0.4, -0.2) is 6.61 Å². The summed E-state index contributed by atoms with van der Waals surface area (Å²) < 4.78 is 18.9. The first-order chi connectivity index (χ1) is 9.10. The molecule has 0 fully saturated rings. The molecule has 2 rings (SSSR count). The van der Waals surface area contributed by atoms with E-state index in [1.807, 2.05) is 32.0 Å². The van der Waals surface area contributed by atoms with E-state index in [4.69, 9.17) is 10.5 Å². The summed E-state index contributed by atoms with van der Waals surface area (Å²) in [6, 6.07) is 10.4. The minimum atomic E-state index is -0.391. The molecule has 0 aromatic heterocycles. The van der Waals surface area contributed by atoms with Gasteiger partial charge in [-0.3, -0.25) is 0 Å². The van der Waals surface area contributed by atoms with Crippen LogP contribution < -0.4 is 15.8 Å². The first kappa shape index (κ1) is 13.2. The molecule has 0 radical (unpaired) electrons. The third kappa shape index (κ3) is 3.16. The molecule has 2 aromatic rings. The van der Waals surface area contributed by atoms with Crippen LogP contribution in [0.25, 0.3) is 0 Å². The Hall–Kier alpha value is -2.23. The molecule has 4 heteroatoms. The second kappa shape index (κ2) is 5.61. The molecule has 3 N–H and O–H groups in total. The van der Waals surface area contributed by atoms with Gasteiger partial charge in [0.15, 0.2) is 11.6 Å². The zero-order valence-corrected chi connectivity index (χ0v) is 11.0. The molecule has 0 saturated carbocycles. The van der Waals surface area contributed by atoms with Crippen LogP contribution in [0.3, 0.4) is 0 Å². The summed E-state index contributed by atoms with van der Waals surface area (Å²) in [4.78, 5) is 0. The second-order valence-electron chi connectivity index (χ2n) is 4.29. The van der Waals surface area contributed by atoms with Crippen molar-refractivity contribution in [3.05, 3.63) is 47.8 Å². The zero-order chi connectivity index (χ0) is 13.8. The highest BCUT2D eigenvalue weighted by atomic mass is 19.1. The van der Waals surface area contributed by atoms with Crippen LogP contribution in [0.4, 0.5) is 21.5 Å². The van der Waals surface area contributed by atoms with Crippen molar-refractivity contribution in [3.63, 3.8) is 0 Å². The summed E-state index contributed by atoms with van der Waals surface area (Å²) in [6.07, 6.45) is 0. The normalized spacial score (nSPS) is 10.3. The highest BCUT2D eigenvalue weighted by Gasteiger charge is 2.05. The lowest BCUT2D eigenvalue weighted by atomic mass is 10.2. The summed E-state index contributed by atoms with van der Waals surface area (Å²) in [7, 11) is 0. The number of hydrogen-bond donors (Lipinski definition) is 2. The first-order valence-corrected chi connectivity index (χ1v) is 6.15. The lowest BCUT2D eigenvalue weighted by Crippen LogP contribution is -1.99. The molecule has 0 bridgehead atoms. The predicted octanol–water partition coefficient (Wildman–Crippen LogP) is 3.86. The van der Waals surface area contributed by atoms with Crippen LogP contribution in [0.1, 0.15) is 12.5 Å². The van der Waals surface area contributed by atoms with Gasteiger partial charge in [-0.05, 0) is 43.7 Å². The minimum absolute atomic E-state index is 0.255. The fourth-order valence-electron chi connectivity index (χ4n) is 1.80. The molecule has 2 aromatic carbocycles. The Morgan fingerprint density at radius 2 is 2.00 bits per heavy atom. The number of ether oxygens (including phenoxy) is 1. The summed E-state index contributed by atoms with van der Waals surface area (Å²) >= 11 is 0. The highest BCUT2D eigenvalue weighted by molar-refractivity contribution is 5.73. The molecule has 0 spiro atoms. The van der Waals surface area contributed by atoms with E-state index < -0.39 is 5.82 Å². The number of nitrogens with one attached hydrogen (secondary N) is 1. The van der Waals surface area contributed by atoms with Crippen molar-refractivity contribution in [2.75, 3.05) is 17.7 Å². The fraction of sp³-hybridized carbons (Fsp3) is 0.200. The summed E-state index contributed by atoms with van der Waals surface area (Å²) in [5.41, 5.74) is 9.02. The number of anilines is 3. The third-order valence-corrected chi connectivity index (χ3v) is 2.72. The maximum atomic E-state index is 13.7. The van der Waals surface area contributed by atoms with Gasteiger partial charge in [-0.1, -0.05) is 6.07 Å². The molecule has 0 aliphatic carbocycles. The molecule has 0 heterocycles. The molecular weight excluding hydrogens is 243 g/mol. The van der Waals surface area contributed by atoms with Crippen molar-refractivity contribution in [2.45, 2.75) is 13.8 Å². The minimum Gasteiger partial charge on any atom is -0.491 e. The Balaban J connectivity index is 2.21. The van der Waals surface area contributed by atoms with E-state index in [2.05, 4.69) is 5.32 Å². The van der Waals surface area contributed by atoms with Crippen molar-refractivity contribution in [3.8, 4) is 5.75 Å². The number of nitrogen functional groups attached to an aromatic ring is 1. The Morgan fingerprint density at radius 3 is 2.63 bits per heavy atom. The lowest BCUT2D eigenvalue weighted by molar-refractivity contribution is 0.321. The molecule has 0 atom stereocenters. The van der Waals surface area contributed by atoms with Gasteiger partial charge in [-0.2, -0.15) is 0 Å². The maximum Gasteiger partial charge on any atom is 0.167 e. The molecule has 3 nitrogen and oxygen atoms in total. The molecule has 100 valence electrons. The van der Waals surface area contributed by atoms with Gasteiger partial charge in [-0.15, -0.1) is 0 Å². The average molecular weight is 260 g/mol. The van der Waals surface area contributed by atoms with Gasteiger partial charge in [0.05, 0.1) is 18.0 Å². The Labute approximate surface area is 112 Å². The van der Waals surface area contributed by atoms with Crippen LogP contribution >= 0.6 is 0 Å².